The fourth-order valence-corrected chi connectivity index (χ4v) is 1.71. The maximum Gasteiger partial charge on any atom is 0.128 e. The first kappa shape index (κ1) is 8.02. The van der Waals surface area contributed by atoms with Gasteiger partial charge < -0.3 is 5.73 Å². The molecule has 0 unspecified atom stereocenters. The fraction of sp³-hybridized carbons (Fsp3) is 0.333. The minimum atomic E-state index is -0.236. The minimum Gasteiger partial charge on any atom is -0.327 e. The minimum absolute atomic E-state index is 0.0967. The summed E-state index contributed by atoms with van der Waals surface area (Å²) in [4.78, 5) is 0. The van der Waals surface area contributed by atoms with Crippen LogP contribution in [0.2, 0.25) is 5.02 Å². The van der Waals surface area contributed by atoms with Gasteiger partial charge in [-0.25, -0.2) is 4.39 Å². The molecule has 0 aliphatic heterocycles. The molecule has 2 rings (SSSR count). The molecule has 1 aliphatic carbocycles. The zero-order valence-electron chi connectivity index (χ0n) is 6.43. The molecule has 0 saturated heterocycles. The molecule has 0 radical (unpaired) electrons. The van der Waals surface area contributed by atoms with E-state index in [1.807, 2.05) is 0 Å². The summed E-state index contributed by atoms with van der Waals surface area (Å²) in [6.45, 7) is 0. The van der Waals surface area contributed by atoms with E-state index in [1.165, 1.54) is 6.07 Å². The van der Waals surface area contributed by atoms with Gasteiger partial charge in [0.1, 0.15) is 5.82 Å². The van der Waals surface area contributed by atoms with Gasteiger partial charge in [0.15, 0.2) is 0 Å². The van der Waals surface area contributed by atoms with Crippen molar-refractivity contribution in [3.8, 4) is 0 Å². The van der Waals surface area contributed by atoms with E-state index in [2.05, 4.69) is 0 Å². The van der Waals surface area contributed by atoms with Crippen molar-refractivity contribution in [2.75, 3.05) is 0 Å². The van der Waals surface area contributed by atoms with Crippen molar-refractivity contribution >= 4 is 11.6 Å². The van der Waals surface area contributed by atoms with Crippen LogP contribution in [0.15, 0.2) is 18.2 Å². The number of halogens is 2. The molecule has 0 amide bonds. The lowest BCUT2D eigenvalue weighted by atomic mass is 10.1. The molecular weight excluding hydrogens is 177 g/mol. The van der Waals surface area contributed by atoms with Crippen LogP contribution in [-0.4, -0.2) is 6.04 Å². The fourth-order valence-electron chi connectivity index (χ4n) is 1.41. The highest BCUT2D eigenvalue weighted by atomic mass is 35.5. The first-order chi connectivity index (χ1) is 5.70. The predicted molar refractivity (Wildman–Crippen MR) is 46.7 cm³/mol. The third-order valence-electron chi connectivity index (χ3n) is 2.21. The van der Waals surface area contributed by atoms with Crippen molar-refractivity contribution in [1.29, 1.82) is 0 Å². The second-order valence-electron chi connectivity index (χ2n) is 3.14. The van der Waals surface area contributed by atoms with Gasteiger partial charge in [0.25, 0.3) is 0 Å². The molecule has 1 aromatic rings. The number of hydrogen-bond acceptors (Lipinski definition) is 1. The van der Waals surface area contributed by atoms with Gasteiger partial charge in [-0.15, -0.1) is 0 Å². The molecule has 0 bridgehead atoms. The van der Waals surface area contributed by atoms with Gasteiger partial charge in [0, 0.05) is 22.5 Å². The molecule has 12 heavy (non-hydrogen) atoms. The molecule has 1 aromatic carbocycles. The summed E-state index contributed by atoms with van der Waals surface area (Å²) in [6.07, 6.45) is 0.848. The molecule has 3 heteroatoms. The zero-order valence-corrected chi connectivity index (χ0v) is 7.18. The van der Waals surface area contributed by atoms with Crippen molar-refractivity contribution < 1.29 is 4.39 Å². The van der Waals surface area contributed by atoms with Crippen LogP contribution in [0.5, 0.6) is 0 Å². The highest BCUT2D eigenvalue weighted by Gasteiger charge is 2.38. The van der Waals surface area contributed by atoms with Crippen molar-refractivity contribution in [3.63, 3.8) is 0 Å². The monoisotopic (exact) mass is 185 g/mol. The smallest absolute Gasteiger partial charge is 0.128 e. The molecule has 0 spiro atoms. The average Bonchev–Trinajstić information content (AvgIpc) is 2.67. The molecule has 2 N–H and O–H groups in total. The molecule has 1 saturated carbocycles. The number of nitrogens with two attached hydrogens (primary N) is 1. The maximum atomic E-state index is 13.2. The van der Waals surface area contributed by atoms with E-state index in [0.29, 0.717) is 10.6 Å². The van der Waals surface area contributed by atoms with Gasteiger partial charge in [0.05, 0.1) is 0 Å². The van der Waals surface area contributed by atoms with Crippen LogP contribution < -0.4 is 5.73 Å². The van der Waals surface area contributed by atoms with Gasteiger partial charge in [-0.3, -0.25) is 0 Å². The summed E-state index contributed by atoms with van der Waals surface area (Å²) < 4.78 is 13.2. The highest BCUT2D eigenvalue weighted by molar-refractivity contribution is 6.31. The summed E-state index contributed by atoms with van der Waals surface area (Å²) >= 11 is 5.83. The molecule has 0 heterocycles. The maximum absolute atomic E-state index is 13.2. The topological polar surface area (TPSA) is 26.0 Å². The van der Waals surface area contributed by atoms with Crippen molar-refractivity contribution in [2.45, 2.75) is 18.4 Å². The lowest BCUT2D eigenvalue weighted by Crippen LogP contribution is -2.02. The van der Waals surface area contributed by atoms with E-state index >= 15 is 0 Å². The van der Waals surface area contributed by atoms with Crippen LogP contribution >= 0.6 is 11.6 Å². The van der Waals surface area contributed by atoms with E-state index in [4.69, 9.17) is 17.3 Å². The summed E-state index contributed by atoms with van der Waals surface area (Å²) in [5.41, 5.74) is 6.20. The van der Waals surface area contributed by atoms with Gasteiger partial charge in [-0.05, 0) is 18.6 Å². The second-order valence-corrected chi connectivity index (χ2v) is 3.55. The molecule has 1 nitrogen and oxygen atoms in total. The Labute approximate surface area is 75.3 Å². The lowest BCUT2D eigenvalue weighted by molar-refractivity contribution is 0.609. The molecule has 0 aromatic heterocycles. The molecule has 1 aliphatic rings. The quantitative estimate of drug-likeness (QED) is 0.714. The summed E-state index contributed by atoms with van der Waals surface area (Å²) in [5, 5.41) is 0.493. The van der Waals surface area contributed by atoms with Crippen LogP contribution in [-0.2, 0) is 0 Å². The van der Waals surface area contributed by atoms with Crippen molar-refractivity contribution in [2.24, 2.45) is 5.73 Å². The number of hydrogen-bond donors (Lipinski definition) is 1. The predicted octanol–water partition coefficient (Wildman–Crippen LogP) is 2.29. The first-order valence-corrected chi connectivity index (χ1v) is 4.27. The van der Waals surface area contributed by atoms with Crippen LogP contribution in [0.4, 0.5) is 4.39 Å². The number of benzene rings is 1. The van der Waals surface area contributed by atoms with Crippen LogP contribution in [0, 0.1) is 5.82 Å². The molecule has 2 atom stereocenters. The Morgan fingerprint density at radius 1 is 1.50 bits per heavy atom. The summed E-state index contributed by atoms with van der Waals surface area (Å²) in [7, 11) is 0. The van der Waals surface area contributed by atoms with Crippen molar-refractivity contribution in [1.82, 2.24) is 0 Å². The third kappa shape index (κ3) is 1.21. The van der Waals surface area contributed by atoms with Crippen molar-refractivity contribution in [3.05, 3.63) is 34.6 Å². The lowest BCUT2D eigenvalue weighted by Gasteiger charge is -2.02. The SMILES string of the molecule is N[C@@H]1C[C@@H]1c1c(F)cccc1Cl. The first-order valence-electron chi connectivity index (χ1n) is 3.89. The molecule has 64 valence electrons. The van der Waals surface area contributed by atoms with Crippen LogP contribution in [0.3, 0.4) is 0 Å². The van der Waals surface area contributed by atoms with Gasteiger partial charge in [-0.2, -0.15) is 0 Å². The van der Waals surface area contributed by atoms with E-state index < -0.39 is 0 Å². The average molecular weight is 186 g/mol. The van der Waals surface area contributed by atoms with Gasteiger partial charge in [-0.1, -0.05) is 17.7 Å². The largest absolute Gasteiger partial charge is 0.327 e. The molecule has 1 fully saturated rings. The van der Waals surface area contributed by atoms with E-state index in [9.17, 15) is 4.39 Å². The van der Waals surface area contributed by atoms with Crippen LogP contribution in [0.1, 0.15) is 17.9 Å². The summed E-state index contributed by atoms with van der Waals surface area (Å²) in [5.74, 6) is -0.0980. The summed E-state index contributed by atoms with van der Waals surface area (Å²) in [6, 6.07) is 4.83. The second kappa shape index (κ2) is 2.71. The van der Waals surface area contributed by atoms with Gasteiger partial charge in [0.2, 0.25) is 0 Å². The Bertz CT molecular complexity index is 293. The van der Waals surface area contributed by atoms with Gasteiger partial charge >= 0.3 is 0 Å². The Balaban J connectivity index is 2.41. The zero-order chi connectivity index (χ0) is 8.72. The normalized spacial score (nSPS) is 27.2. The Hall–Kier alpha value is -0.600. The third-order valence-corrected chi connectivity index (χ3v) is 2.54. The Kier molecular flexibility index (Phi) is 1.81. The Morgan fingerprint density at radius 2 is 2.17 bits per heavy atom. The Morgan fingerprint density at radius 3 is 2.67 bits per heavy atom. The van der Waals surface area contributed by atoms with E-state index in [1.54, 1.807) is 12.1 Å². The number of rotatable bonds is 1. The van der Waals surface area contributed by atoms with Crippen LogP contribution in [0.25, 0.3) is 0 Å². The van der Waals surface area contributed by atoms with E-state index in [0.717, 1.165) is 6.42 Å². The highest BCUT2D eigenvalue weighted by Crippen LogP contribution is 2.43. The standard InChI is InChI=1S/C9H9ClFN/c10-6-2-1-3-7(11)9(6)5-4-8(5)12/h1-3,5,8H,4,12H2/t5-,8+/m0/s1. The van der Waals surface area contributed by atoms with E-state index in [-0.39, 0.29) is 17.8 Å². The molecular formula is C9H9ClFN.